The Kier molecular flexibility index (Phi) is 6.37. The fourth-order valence-corrected chi connectivity index (χ4v) is 6.87. The van der Waals surface area contributed by atoms with Gasteiger partial charge in [0.2, 0.25) is 8.32 Å². The average molecular weight is 262 g/mol. The Morgan fingerprint density at radius 3 is 2.00 bits per heavy atom. The third kappa shape index (κ3) is 3.56. The minimum absolute atomic E-state index is 0.829. The molecule has 0 aromatic heterocycles. The molecular weight excluding hydrogens is 236 g/mol. The number of hydrogen-bond acceptors (Lipinski definition) is 1. The van der Waals surface area contributed by atoms with E-state index in [0.717, 1.165) is 6.61 Å². The topological polar surface area (TPSA) is 9.23 Å². The molecule has 1 aromatic rings. The summed E-state index contributed by atoms with van der Waals surface area (Å²) in [5.41, 5.74) is 1.19. The molecule has 0 unspecified atom stereocenters. The Bertz CT molecular complexity index is 339. The second-order valence-electron chi connectivity index (χ2n) is 4.75. The third-order valence-corrected chi connectivity index (χ3v) is 8.24. The summed E-state index contributed by atoms with van der Waals surface area (Å²) < 4.78 is 6.28. The van der Waals surface area contributed by atoms with Gasteiger partial charge in [-0.15, -0.1) is 0 Å². The smallest absolute Gasteiger partial charge is 0.224 e. The predicted molar refractivity (Wildman–Crippen MR) is 83.7 cm³/mol. The number of rotatable bonds is 8. The Morgan fingerprint density at radius 1 is 1.06 bits per heavy atom. The van der Waals surface area contributed by atoms with E-state index < -0.39 is 8.32 Å². The molecule has 1 nitrogen and oxygen atoms in total. The molecule has 1 rings (SSSR count). The van der Waals surface area contributed by atoms with Crippen LogP contribution in [-0.4, -0.2) is 14.9 Å². The largest absolute Gasteiger partial charge is 0.413 e. The maximum atomic E-state index is 6.28. The minimum atomic E-state index is -1.74. The molecule has 0 heterocycles. The van der Waals surface area contributed by atoms with Crippen molar-refractivity contribution in [3.05, 3.63) is 36.4 Å². The van der Waals surface area contributed by atoms with Crippen LogP contribution in [-0.2, 0) is 4.43 Å². The van der Waals surface area contributed by atoms with Gasteiger partial charge in [0.1, 0.15) is 0 Å². The lowest BCUT2D eigenvalue weighted by Gasteiger charge is -2.31. The molecule has 0 aliphatic heterocycles. The first-order valence-electron chi connectivity index (χ1n) is 7.09. The van der Waals surface area contributed by atoms with Gasteiger partial charge in [-0.25, -0.2) is 0 Å². The summed E-state index contributed by atoms with van der Waals surface area (Å²) in [4.78, 5) is 0. The van der Waals surface area contributed by atoms with Gasteiger partial charge in [-0.2, -0.15) is 0 Å². The van der Waals surface area contributed by atoms with Gasteiger partial charge in [0, 0.05) is 6.61 Å². The van der Waals surface area contributed by atoms with Crippen molar-refractivity contribution < 1.29 is 4.43 Å². The van der Waals surface area contributed by atoms with Gasteiger partial charge >= 0.3 is 0 Å². The van der Waals surface area contributed by atoms with Crippen molar-refractivity contribution in [2.45, 2.75) is 45.7 Å². The summed E-state index contributed by atoms with van der Waals surface area (Å²) in [6, 6.07) is 11.3. The highest BCUT2D eigenvalue weighted by atomic mass is 28.4. The molecule has 100 valence electrons. The van der Waals surface area contributed by atoms with Gasteiger partial charge in [-0.05, 0) is 29.8 Å². The van der Waals surface area contributed by atoms with Crippen LogP contribution in [0.25, 0.3) is 6.08 Å². The van der Waals surface area contributed by atoms with E-state index in [2.05, 4.69) is 51.6 Å². The molecule has 0 aliphatic rings. The van der Waals surface area contributed by atoms with Crippen molar-refractivity contribution in [3.63, 3.8) is 0 Å². The van der Waals surface area contributed by atoms with E-state index >= 15 is 0 Å². The Morgan fingerprint density at radius 2 is 1.61 bits per heavy atom. The van der Waals surface area contributed by atoms with Gasteiger partial charge in [0.05, 0.1) is 0 Å². The molecule has 18 heavy (non-hydrogen) atoms. The van der Waals surface area contributed by atoms with Crippen LogP contribution in [0, 0.1) is 0 Å². The lowest BCUT2D eigenvalue weighted by molar-refractivity contribution is 0.327. The molecule has 0 atom stereocenters. The fourth-order valence-electron chi connectivity index (χ4n) is 2.65. The van der Waals surface area contributed by atoms with Gasteiger partial charge in [0.15, 0.2) is 0 Å². The minimum Gasteiger partial charge on any atom is -0.413 e. The lowest BCUT2D eigenvalue weighted by Crippen LogP contribution is -2.50. The normalized spacial score (nSPS) is 11.5. The van der Waals surface area contributed by atoms with Crippen LogP contribution >= 0.6 is 0 Å². The van der Waals surface area contributed by atoms with Crippen LogP contribution in [0.1, 0.15) is 39.2 Å². The molecule has 0 amide bonds. The van der Waals surface area contributed by atoms with Crippen molar-refractivity contribution in [2.75, 3.05) is 6.61 Å². The van der Waals surface area contributed by atoms with E-state index in [-0.39, 0.29) is 0 Å². The highest BCUT2D eigenvalue weighted by Gasteiger charge is 2.34. The summed E-state index contributed by atoms with van der Waals surface area (Å²) in [6.45, 7) is 11.3. The SMILES string of the molecule is C=Cc1ccc([Si](CCC)(CCC)OCC)cc1. The number of hydrogen-bond donors (Lipinski definition) is 0. The van der Waals surface area contributed by atoms with Crippen molar-refractivity contribution in [1.82, 2.24) is 0 Å². The van der Waals surface area contributed by atoms with E-state index in [4.69, 9.17) is 4.43 Å². The van der Waals surface area contributed by atoms with Crippen LogP contribution < -0.4 is 5.19 Å². The van der Waals surface area contributed by atoms with Crippen LogP contribution in [0.4, 0.5) is 0 Å². The predicted octanol–water partition coefficient (Wildman–Crippen LogP) is 4.34. The molecule has 0 radical (unpaired) electrons. The van der Waals surface area contributed by atoms with Crippen LogP contribution in [0.15, 0.2) is 30.8 Å². The second kappa shape index (κ2) is 7.55. The van der Waals surface area contributed by atoms with E-state index in [1.165, 1.54) is 35.7 Å². The molecule has 1 aromatic carbocycles. The zero-order chi connectivity index (χ0) is 13.4. The average Bonchev–Trinajstić information content (AvgIpc) is 2.39. The molecule has 0 N–H and O–H groups in total. The second-order valence-corrected chi connectivity index (χ2v) is 8.61. The first kappa shape index (κ1) is 15.2. The highest BCUT2D eigenvalue weighted by molar-refractivity contribution is 6.86. The Balaban J connectivity index is 3.08. The monoisotopic (exact) mass is 262 g/mol. The summed E-state index contributed by atoms with van der Waals surface area (Å²) >= 11 is 0. The maximum Gasteiger partial charge on any atom is 0.224 e. The standard InChI is InChI=1S/C16H26OSi/c1-5-13-18(14-6-2,17-8-4)16-11-9-15(7-3)10-12-16/h7,9-12H,3,5-6,8,13-14H2,1-2,4H3. The molecule has 0 spiro atoms. The van der Waals surface area contributed by atoms with Gasteiger partial charge < -0.3 is 4.43 Å². The molecule has 2 heteroatoms. The van der Waals surface area contributed by atoms with Crippen LogP contribution in [0.3, 0.4) is 0 Å². The molecule has 0 aliphatic carbocycles. The van der Waals surface area contributed by atoms with Gasteiger partial charge in [-0.3, -0.25) is 0 Å². The number of benzene rings is 1. The molecule has 0 saturated carbocycles. The molecule has 0 bridgehead atoms. The van der Waals surface area contributed by atoms with Crippen LogP contribution in [0.5, 0.6) is 0 Å². The van der Waals surface area contributed by atoms with Crippen molar-refractivity contribution >= 4 is 19.6 Å². The van der Waals surface area contributed by atoms with E-state index in [9.17, 15) is 0 Å². The van der Waals surface area contributed by atoms with Crippen molar-refractivity contribution in [3.8, 4) is 0 Å². The van der Waals surface area contributed by atoms with Gasteiger partial charge in [0.25, 0.3) is 0 Å². The Hall–Kier alpha value is -0.863. The summed E-state index contributed by atoms with van der Waals surface area (Å²) in [5, 5.41) is 1.44. The van der Waals surface area contributed by atoms with E-state index in [1.807, 2.05) is 6.08 Å². The van der Waals surface area contributed by atoms with E-state index in [0.29, 0.717) is 0 Å². The van der Waals surface area contributed by atoms with Crippen molar-refractivity contribution in [1.29, 1.82) is 0 Å². The highest BCUT2D eigenvalue weighted by Crippen LogP contribution is 2.22. The lowest BCUT2D eigenvalue weighted by atomic mass is 10.2. The molecule has 0 saturated heterocycles. The summed E-state index contributed by atoms with van der Waals surface area (Å²) in [6.07, 6.45) is 4.30. The molecular formula is C16H26OSi. The quantitative estimate of drug-likeness (QED) is 0.633. The summed E-state index contributed by atoms with van der Waals surface area (Å²) in [7, 11) is -1.74. The zero-order valence-corrected chi connectivity index (χ0v) is 13.0. The Labute approximate surface area is 113 Å². The first-order valence-corrected chi connectivity index (χ1v) is 9.41. The first-order chi connectivity index (χ1) is 8.72. The third-order valence-electron chi connectivity index (χ3n) is 3.40. The summed E-state index contributed by atoms with van der Waals surface area (Å²) in [5.74, 6) is 0. The zero-order valence-electron chi connectivity index (χ0n) is 12.0. The van der Waals surface area contributed by atoms with Crippen molar-refractivity contribution in [2.24, 2.45) is 0 Å². The molecule has 0 fully saturated rings. The van der Waals surface area contributed by atoms with Gasteiger partial charge in [-0.1, -0.05) is 63.6 Å². The van der Waals surface area contributed by atoms with E-state index in [1.54, 1.807) is 0 Å². The fraction of sp³-hybridized carbons (Fsp3) is 0.500. The maximum absolute atomic E-state index is 6.28. The van der Waals surface area contributed by atoms with Crippen LogP contribution in [0.2, 0.25) is 12.1 Å².